The van der Waals surface area contributed by atoms with Crippen LogP contribution in [0, 0.1) is 12.2 Å². The topological polar surface area (TPSA) is 23.1 Å². The van der Waals surface area contributed by atoms with E-state index in [0.29, 0.717) is 11.8 Å². The van der Waals surface area contributed by atoms with Crippen LogP contribution >= 0.6 is 0 Å². The van der Waals surface area contributed by atoms with Crippen molar-refractivity contribution in [3.8, 4) is 5.75 Å². The molecule has 132 valence electrons. The Labute approximate surface area is 179 Å². The van der Waals surface area contributed by atoms with Gasteiger partial charge in [0.2, 0.25) is 0 Å². The van der Waals surface area contributed by atoms with Crippen LogP contribution in [0.4, 0.5) is 0 Å². The minimum Gasteiger partial charge on any atom is -1.00 e. The Kier molecular flexibility index (Phi) is 16.3. The number of benzene rings is 1. The van der Waals surface area contributed by atoms with Gasteiger partial charge in [-0.25, -0.2) is 24.3 Å². The maximum Gasteiger partial charge on any atom is 4.00 e. The van der Waals surface area contributed by atoms with Crippen molar-refractivity contribution in [3.63, 3.8) is 0 Å². The van der Waals surface area contributed by atoms with Crippen molar-refractivity contribution in [1.82, 2.24) is 0 Å². The zero-order chi connectivity index (χ0) is 17.1. The molecule has 0 aliphatic heterocycles. The molecule has 2 aliphatic rings. The summed E-state index contributed by atoms with van der Waals surface area (Å²) in [4.78, 5) is 0. The van der Waals surface area contributed by atoms with E-state index >= 15 is 0 Å². The van der Waals surface area contributed by atoms with Crippen LogP contribution in [-0.2, 0) is 26.2 Å². The van der Waals surface area contributed by atoms with Crippen LogP contribution in [-0.4, -0.2) is 0 Å². The van der Waals surface area contributed by atoms with Gasteiger partial charge < -0.3 is 17.5 Å². The molecule has 0 spiro atoms. The molecule has 0 amide bonds. The molecule has 2 aliphatic carbocycles. The number of hydrogen-bond donors (Lipinski definition) is 0. The van der Waals surface area contributed by atoms with Gasteiger partial charge in [0.05, 0.1) is 0 Å². The third-order valence-corrected chi connectivity index (χ3v) is 3.49. The molecule has 3 rings (SSSR count). The van der Waals surface area contributed by atoms with Gasteiger partial charge in [0.1, 0.15) is 0 Å². The Morgan fingerprint density at radius 2 is 1.24 bits per heavy atom. The molecule has 0 N–H and O–H groups in total. The summed E-state index contributed by atoms with van der Waals surface area (Å²) < 4.78 is 0. The first-order chi connectivity index (χ1) is 11.0. The zero-order valence-corrected chi connectivity index (χ0v) is 18.8. The molecular weight excluding hydrogens is 407 g/mol. The van der Waals surface area contributed by atoms with E-state index in [2.05, 4.69) is 52.0 Å². The fourth-order valence-corrected chi connectivity index (χ4v) is 2.16. The molecule has 3 heteroatoms. The van der Waals surface area contributed by atoms with E-state index in [0.717, 1.165) is 24.0 Å². The predicted molar refractivity (Wildman–Crippen MR) is 97.2 cm³/mol. The molecule has 0 radical (unpaired) electrons. The van der Waals surface area contributed by atoms with Crippen molar-refractivity contribution in [2.45, 2.75) is 52.4 Å². The third-order valence-electron chi connectivity index (χ3n) is 3.49. The van der Waals surface area contributed by atoms with E-state index in [-0.39, 0.29) is 44.4 Å². The van der Waals surface area contributed by atoms with Crippen molar-refractivity contribution >= 4 is 0 Å². The Morgan fingerprint density at radius 1 is 0.840 bits per heavy atom. The molecule has 0 unspecified atom stereocenters. The minimum atomic E-state index is 0. The van der Waals surface area contributed by atoms with Crippen LogP contribution in [0.25, 0.3) is 0 Å². The second-order valence-electron chi connectivity index (χ2n) is 6.08. The average molecular weight is 434 g/mol. The van der Waals surface area contributed by atoms with Gasteiger partial charge in [-0.2, -0.15) is 12.2 Å². The molecule has 0 fully saturated rings. The van der Waals surface area contributed by atoms with Crippen LogP contribution in [0.3, 0.4) is 0 Å². The van der Waals surface area contributed by atoms with Gasteiger partial charge in [0.15, 0.2) is 0 Å². The van der Waals surface area contributed by atoms with Gasteiger partial charge in [-0.3, -0.25) is 12.2 Å². The summed E-state index contributed by atoms with van der Waals surface area (Å²) in [6.45, 7) is 8.23. The molecule has 1 aromatic carbocycles. The normalized spacial score (nSPS) is 12.9. The Balaban J connectivity index is 0. The van der Waals surface area contributed by atoms with E-state index in [1.54, 1.807) is 0 Å². The molecule has 1 aromatic rings. The Hall–Kier alpha value is -0.847. The van der Waals surface area contributed by atoms with Crippen LogP contribution in [0.15, 0.2) is 54.7 Å². The van der Waals surface area contributed by atoms with Gasteiger partial charge in [0, 0.05) is 0 Å². The van der Waals surface area contributed by atoms with Crippen LogP contribution in [0.1, 0.15) is 63.5 Å². The van der Waals surface area contributed by atoms with Crippen molar-refractivity contribution < 1.29 is 43.7 Å². The first-order valence-corrected chi connectivity index (χ1v) is 8.27. The summed E-state index contributed by atoms with van der Waals surface area (Å²) in [6, 6.07) is 5.84. The molecule has 25 heavy (non-hydrogen) atoms. The molecule has 0 bridgehead atoms. The summed E-state index contributed by atoms with van der Waals surface area (Å²) in [6.07, 6.45) is 20.0. The van der Waals surface area contributed by atoms with E-state index in [9.17, 15) is 5.11 Å². The first kappa shape index (κ1) is 26.4. The largest absolute Gasteiger partial charge is 4.00 e. The number of hydrogen-bond acceptors (Lipinski definition) is 1. The van der Waals surface area contributed by atoms with Gasteiger partial charge in [0.25, 0.3) is 0 Å². The fourth-order valence-electron chi connectivity index (χ4n) is 2.16. The number of rotatable bonds is 2. The van der Waals surface area contributed by atoms with Crippen molar-refractivity contribution in [3.05, 3.63) is 77.9 Å². The summed E-state index contributed by atoms with van der Waals surface area (Å²) in [5, 5.41) is 11.9. The maximum absolute atomic E-state index is 11.9. The van der Waals surface area contributed by atoms with Crippen LogP contribution in [0.2, 0.25) is 0 Å². The van der Waals surface area contributed by atoms with Crippen molar-refractivity contribution in [2.24, 2.45) is 0 Å². The zero-order valence-electron chi connectivity index (χ0n) is 15.6. The van der Waals surface area contributed by atoms with Crippen molar-refractivity contribution in [2.75, 3.05) is 0 Å². The standard InChI is InChI=1S/C12H18O.2C5H5.ClH.Zr/c1-8(2)10-6-5-7-11(9(3)4)12(10)13;2*1-2-4-5-3-1;;/h5-9,13H,1-4H3;2*1-3H,4H2;1H;/q;2*-1;;+4/p-2. The second-order valence-corrected chi connectivity index (χ2v) is 6.08. The fraction of sp³-hybridized carbons (Fsp3) is 0.364. The molecule has 0 aromatic heterocycles. The summed E-state index contributed by atoms with van der Waals surface area (Å²) in [7, 11) is 0. The molecule has 0 atom stereocenters. The minimum absolute atomic E-state index is 0. The third kappa shape index (κ3) is 10.7. The van der Waals surface area contributed by atoms with E-state index < -0.39 is 0 Å². The predicted octanol–water partition coefficient (Wildman–Crippen LogP) is 2.62. The van der Waals surface area contributed by atoms with Gasteiger partial charge in [-0.1, -0.05) is 57.0 Å². The number of allylic oxidation sites excluding steroid dienone is 8. The van der Waals surface area contributed by atoms with Crippen molar-refractivity contribution in [1.29, 1.82) is 0 Å². The summed E-state index contributed by atoms with van der Waals surface area (Å²) in [5.74, 6) is 0.880. The summed E-state index contributed by atoms with van der Waals surface area (Å²) >= 11 is 0. The number of halogens is 1. The smallest absolute Gasteiger partial charge is 1.00 e. The summed E-state index contributed by atoms with van der Waals surface area (Å²) in [5.41, 5.74) is 1.87. The number of para-hydroxylation sites is 1. The van der Waals surface area contributed by atoms with Crippen LogP contribution in [0.5, 0.6) is 5.75 Å². The monoisotopic (exact) mass is 432 g/mol. The van der Waals surface area contributed by atoms with E-state index in [1.165, 1.54) is 0 Å². The maximum atomic E-state index is 11.9. The molecule has 0 saturated carbocycles. The Morgan fingerprint density at radius 3 is 1.44 bits per heavy atom. The van der Waals surface area contributed by atoms with E-state index in [4.69, 9.17) is 0 Å². The molecule has 0 heterocycles. The Bertz CT molecular complexity index is 515. The SMILES string of the molecule is CC(C)c1cccc(C(C)C)c1[O-].[C-]1=CC=CC1.[C-]1=CC=CC1.[Cl-].[Zr+4]. The van der Waals surface area contributed by atoms with Gasteiger partial charge >= 0.3 is 26.2 Å². The molecule has 0 saturated heterocycles. The second kappa shape index (κ2) is 15.4. The quantitative estimate of drug-likeness (QED) is 0.657. The van der Waals surface area contributed by atoms with Gasteiger partial charge in [-0.05, 0) is 11.8 Å². The molecular formula is C22H27ClOZr. The average Bonchev–Trinajstić information content (AvgIpc) is 3.25. The van der Waals surface area contributed by atoms with E-state index in [1.807, 2.05) is 42.5 Å². The van der Waals surface area contributed by atoms with Gasteiger partial charge in [-0.15, -0.1) is 18.6 Å². The van der Waals surface area contributed by atoms with Crippen LogP contribution < -0.4 is 17.5 Å². The first-order valence-electron chi connectivity index (χ1n) is 8.27. The molecule has 1 nitrogen and oxygen atoms in total.